The van der Waals surface area contributed by atoms with Crippen molar-refractivity contribution in [1.29, 1.82) is 0 Å². The van der Waals surface area contributed by atoms with Gasteiger partial charge in [-0.25, -0.2) is 4.79 Å². The van der Waals surface area contributed by atoms with Gasteiger partial charge in [0, 0.05) is 18.1 Å². The van der Waals surface area contributed by atoms with Crippen LogP contribution >= 0.6 is 11.3 Å². The maximum atomic E-state index is 12.5. The molecule has 0 saturated carbocycles. The maximum absolute atomic E-state index is 12.5. The molecule has 0 spiro atoms. The molecule has 4 rings (SSSR count). The molecule has 3 aromatic heterocycles. The molecule has 0 aliphatic heterocycles. The van der Waals surface area contributed by atoms with E-state index in [-0.39, 0.29) is 11.6 Å². The number of aromatic amines is 2. The van der Waals surface area contributed by atoms with Crippen LogP contribution in [0.3, 0.4) is 0 Å². The van der Waals surface area contributed by atoms with E-state index in [9.17, 15) is 9.59 Å². The van der Waals surface area contributed by atoms with E-state index in [2.05, 4.69) is 15.3 Å². The zero-order valence-corrected chi connectivity index (χ0v) is 12.7. The standard InChI is InChI=1S/C16H12N4O2S/c21-15(14-13(5-8-23-14)20-6-1-2-7-20)17-10-3-4-11-12(9-10)19-16(22)18-11/h1-9H,(H,17,21)(H2,18,19,22). The molecular formula is C16H12N4O2S. The molecule has 4 aromatic rings. The summed E-state index contributed by atoms with van der Waals surface area (Å²) in [6.45, 7) is 0. The number of rotatable bonds is 3. The van der Waals surface area contributed by atoms with Gasteiger partial charge in [-0.15, -0.1) is 11.3 Å². The molecular weight excluding hydrogens is 312 g/mol. The van der Waals surface area contributed by atoms with Crippen LogP contribution in [0.2, 0.25) is 0 Å². The zero-order chi connectivity index (χ0) is 15.8. The van der Waals surface area contributed by atoms with Gasteiger partial charge in [-0.2, -0.15) is 0 Å². The Morgan fingerprint density at radius 1 is 1.09 bits per heavy atom. The van der Waals surface area contributed by atoms with Crippen LogP contribution in [0.25, 0.3) is 16.7 Å². The Labute approximate surface area is 134 Å². The summed E-state index contributed by atoms with van der Waals surface area (Å²) in [6.07, 6.45) is 3.80. The normalized spacial score (nSPS) is 11.0. The number of H-pyrrole nitrogens is 2. The van der Waals surface area contributed by atoms with Crippen molar-refractivity contribution < 1.29 is 4.79 Å². The number of hydrogen-bond donors (Lipinski definition) is 3. The van der Waals surface area contributed by atoms with Gasteiger partial charge in [0.2, 0.25) is 0 Å². The molecule has 114 valence electrons. The molecule has 0 aliphatic carbocycles. The van der Waals surface area contributed by atoms with Gasteiger partial charge in [0.25, 0.3) is 5.91 Å². The molecule has 1 amide bonds. The first-order valence-corrected chi connectivity index (χ1v) is 7.83. The number of imidazole rings is 1. The predicted molar refractivity (Wildman–Crippen MR) is 90.5 cm³/mol. The zero-order valence-electron chi connectivity index (χ0n) is 11.9. The Kier molecular flexibility index (Phi) is 3.13. The average Bonchev–Trinajstić information content (AvgIpc) is 3.25. The number of nitrogens with zero attached hydrogens (tertiary/aromatic N) is 1. The van der Waals surface area contributed by atoms with E-state index in [0.717, 1.165) is 5.69 Å². The van der Waals surface area contributed by atoms with Gasteiger partial charge < -0.3 is 19.9 Å². The summed E-state index contributed by atoms with van der Waals surface area (Å²) in [5, 5.41) is 4.76. The first kappa shape index (κ1) is 13.6. The number of fused-ring (bicyclic) bond motifs is 1. The molecule has 23 heavy (non-hydrogen) atoms. The second kappa shape index (κ2) is 5.29. The van der Waals surface area contributed by atoms with Gasteiger partial charge in [0.15, 0.2) is 0 Å². The molecule has 7 heteroatoms. The van der Waals surface area contributed by atoms with E-state index in [0.29, 0.717) is 21.6 Å². The van der Waals surface area contributed by atoms with Gasteiger partial charge in [-0.1, -0.05) is 0 Å². The molecule has 3 N–H and O–H groups in total. The van der Waals surface area contributed by atoms with Crippen LogP contribution in [0.4, 0.5) is 5.69 Å². The number of thiophene rings is 1. The number of amides is 1. The topological polar surface area (TPSA) is 82.7 Å². The number of benzene rings is 1. The van der Waals surface area contributed by atoms with Crippen LogP contribution in [0.5, 0.6) is 0 Å². The fourth-order valence-electron chi connectivity index (χ4n) is 2.47. The lowest BCUT2D eigenvalue weighted by molar-refractivity contribution is 0.103. The maximum Gasteiger partial charge on any atom is 0.323 e. The third-order valence-corrected chi connectivity index (χ3v) is 4.41. The van der Waals surface area contributed by atoms with Crippen LogP contribution < -0.4 is 11.0 Å². The van der Waals surface area contributed by atoms with Crippen molar-refractivity contribution in [3.05, 3.63) is 69.5 Å². The third kappa shape index (κ3) is 2.47. The van der Waals surface area contributed by atoms with Crippen molar-refractivity contribution >= 4 is 34.0 Å². The van der Waals surface area contributed by atoms with E-state index in [4.69, 9.17) is 0 Å². The van der Waals surface area contributed by atoms with Crippen LogP contribution in [0.1, 0.15) is 9.67 Å². The molecule has 0 unspecified atom stereocenters. The predicted octanol–water partition coefficient (Wildman–Crippen LogP) is 2.96. The number of anilines is 1. The third-order valence-electron chi connectivity index (χ3n) is 3.51. The van der Waals surface area contributed by atoms with Gasteiger partial charge in [0.1, 0.15) is 4.88 Å². The molecule has 0 saturated heterocycles. The Morgan fingerprint density at radius 2 is 1.87 bits per heavy atom. The number of carbonyl (C=O) groups excluding carboxylic acids is 1. The molecule has 1 aromatic carbocycles. The Morgan fingerprint density at radius 3 is 2.70 bits per heavy atom. The van der Waals surface area contributed by atoms with Crippen molar-refractivity contribution in [2.24, 2.45) is 0 Å². The quantitative estimate of drug-likeness (QED) is 0.541. The lowest BCUT2D eigenvalue weighted by Crippen LogP contribution is -2.12. The molecule has 0 fully saturated rings. The van der Waals surface area contributed by atoms with Crippen molar-refractivity contribution in [2.75, 3.05) is 5.32 Å². The lowest BCUT2D eigenvalue weighted by atomic mass is 10.2. The van der Waals surface area contributed by atoms with E-state index in [1.807, 2.05) is 40.5 Å². The van der Waals surface area contributed by atoms with E-state index >= 15 is 0 Å². The Balaban J connectivity index is 1.64. The Bertz CT molecular complexity index is 1040. The smallest absolute Gasteiger partial charge is 0.322 e. The summed E-state index contributed by atoms with van der Waals surface area (Å²) in [6, 6.07) is 11.0. The summed E-state index contributed by atoms with van der Waals surface area (Å²) < 4.78 is 1.90. The van der Waals surface area contributed by atoms with Crippen molar-refractivity contribution in [3.63, 3.8) is 0 Å². The summed E-state index contributed by atoms with van der Waals surface area (Å²) in [5.74, 6) is -0.180. The molecule has 0 bridgehead atoms. The summed E-state index contributed by atoms with van der Waals surface area (Å²) in [7, 11) is 0. The van der Waals surface area contributed by atoms with Crippen LogP contribution in [-0.2, 0) is 0 Å². The summed E-state index contributed by atoms with van der Waals surface area (Å²) in [5.41, 5.74) is 2.57. The minimum Gasteiger partial charge on any atom is -0.322 e. The van der Waals surface area contributed by atoms with Gasteiger partial charge in [-0.3, -0.25) is 4.79 Å². The van der Waals surface area contributed by atoms with Gasteiger partial charge >= 0.3 is 5.69 Å². The highest BCUT2D eigenvalue weighted by Crippen LogP contribution is 2.23. The van der Waals surface area contributed by atoms with Gasteiger partial charge in [-0.05, 0) is 41.8 Å². The number of hydrogen-bond acceptors (Lipinski definition) is 3. The minimum atomic E-state index is -0.267. The minimum absolute atomic E-state index is 0.180. The van der Waals surface area contributed by atoms with E-state index < -0.39 is 0 Å². The highest BCUT2D eigenvalue weighted by molar-refractivity contribution is 7.12. The summed E-state index contributed by atoms with van der Waals surface area (Å²) in [4.78, 5) is 29.8. The first-order valence-electron chi connectivity index (χ1n) is 6.95. The first-order chi connectivity index (χ1) is 11.2. The number of nitrogens with one attached hydrogen (secondary N) is 3. The fourth-order valence-corrected chi connectivity index (χ4v) is 3.25. The average molecular weight is 324 g/mol. The molecule has 6 nitrogen and oxygen atoms in total. The van der Waals surface area contributed by atoms with Crippen molar-refractivity contribution in [3.8, 4) is 5.69 Å². The largest absolute Gasteiger partial charge is 0.323 e. The van der Waals surface area contributed by atoms with Crippen molar-refractivity contribution in [1.82, 2.24) is 14.5 Å². The number of carbonyl (C=O) groups is 1. The highest BCUT2D eigenvalue weighted by Gasteiger charge is 2.14. The van der Waals surface area contributed by atoms with Crippen LogP contribution in [-0.4, -0.2) is 20.4 Å². The fraction of sp³-hybridized carbons (Fsp3) is 0. The SMILES string of the molecule is O=C(Nc1ccc2[nH]c(=O)[nH]c2c1)c1sccc1-n1cccc1. The lowest BCUT2D eigenvalue weighted by Gasteiger charge is -2.07. The highest BCUT2D eigenvalue weighted by atomic mass is 32.1. The summed E-state index contributed by atoms with van der Waals surface area (Å²) >= 11 is 1.39. The van der Waals surface area contributed by atoms with Crippen LogP contribution in [0, 0.1) is 0 Å². The molecule has 3 heterocycles. The van der Waals surface area contributed by atoms with E-state index in [1.165, 1.54) is 11.3 Å². The van der Waals surface area contributed by atoms with Crippen LogP contribution in [0.15, 0.2) is 59.0 Å². The second-order valence-corrected chi connectivity index (χ2v) is 5.94. The Hall–Kier alpha value is -3.06. The second-order valence-electron chi connectivity index (χ2n) is 5.02. The van der Waals surface area contributed by atoms with Crippen molar-refractivity contribution in [2.45, 2.75) is 0 Å². The number of aromatic nitrogens is 3. The molecule has 0 atom stereocenters. The molecule has 0 radical (unpaired) electrons. The van der Waals surface area contributed by atoms with E-state index in [1.54, 1.807) is 18.2 Å². The van der Waals surface area contributed by atoms with Gasteiger partial charge in [0.05, 0.1) is 16.7 Å². The monoisotopic (exact) mass is 324 g/mol. The molecule has 0 aliphatic rings.